The number of benzene rings is 2. The van der Waals surface area contributed by atoms with Crippen molar-refractivity contribution < 1.29 is 17.6 Å². The van der Waals surface area contributed by atoms with Crippen LogP contribution in [0.3, 0.4) is 0 Å². The van der Waals surface area contributed by atoms with Gasteiger partial charge in [0.1, 0.15) is 5.82 Å². The molecule has 0 saturated carbocycles. The summed E-state index contributed by atoms with van der Waals surface area (Å²) >= 11 is 1.15. The van der Waals surface area contributed by atoms with Crippen LogP contribution < -0.4 is 9.62 Å². The van der Waals surface area contributed by atoms with Gasteiger partial charge in [0.15, 0.2) is 5.13 Å². The molecule has 6 nitrogen and oxygen atoms in total. The zero-order chi connectivity index (χ0) is 21.0. The predicted molar refractivity (Wildman–Crippen MR) is 111 cm³/mol. The summed E-state index contributed by atoms with van der Waals surface area (Å²) in [5.41, 5.74) is 2.53. The topological polar surface area (TPSA) is 79.4 Å². The summed E-state index contributed by atoms with van der Waals surface area (Å²) in [6.45, 7) is 3.76. The van der Waals surface area contributed by atoms with E-state index in [4.69, 9.17) is 0 Å². The first-order valence-corrected chi connectivity index (χ1v) is 11.1. The fourth-order valence-electron chi connectivity index (χ4n) is 3.37. The van der Waals surface area contributed by atoms with Crippen molar-refractivity contribution in [2.24, 2.45) is 0 Å². The second-order valence-electron chi connectivity index (χ2n) is 7.32. The van der Waals surface area contributed by atoms with Crippen molar-refractivity contribution in [1.82, 2.24) is 4.98 Å². The molecule has 1 N–H and O–H groups in total. The Hall–Kier alpha value is -2.78. The highest BCUT2D eigenvalue weighted by atomic mass is 32.2. The van der Waals surface area contributed by atoms with Gasteiger partial charge < -0.3 is 4.90 Å². The molecule has 4 rings (SSSR count). The summed E-state index contributed by atoms with van der Waals surface area (Å²) in [5.74, 6) is -0.486. The lowest BCUT2D eigenvalue weighted by atomic mass is 9.85. The molecule has 2 heterocycles. The van der Waals surface area contributed by atoms with Crippen molar-refractivity contribution in [1.29, 1.82) is 0 Å². The molecule has 9 heteroatoms. The zero-order valence-corrected chi connectivity index (χ0v) is 17.6. The molecule has 0 bridgehead atoms. The van der Waals surface area contributed by atoms with Crippen LogP contribution in [0.4, 0.5) is 15.2 Å². The van der Waals surface area contributed by atoms with Gasteiger partial charge in [-0.05, 0) is 55.8 Å². The molecule has 1 aromatic heterocycles. The predicted octanol–water partition coefficient (Wildman–Crippen LogP) is 4.00. The summed E-state index contributed by atoms with van der Waals surface area (Å²) < 4.78 is 40.4. The highest BCUT2D eigenvalue weighted by Crippen LogP contribution is 2.42. The molecule has 0 aliphatic carbocycles. The van der Waals surface area contributed by atoms with E-state index in [9.17, 15) is 17.6 Å². The number of hydrogen-bond donors (Lipinski definition) is 1. The smallest absolute Gasteiger partial charge is 0.263 e. The maximum Gasteiger partial charge on any atom is 0.263 e. The number of halogens is 1. The summed E-state index contributed by atoms with van der Waals surface area (Å²) in [4.78, 5) is 18.4. The number of likely N-dealkylation sites (N-methyl/N-ethyl adjacent to an activating group) is 1. The van der Waals surface area contributed by atoms with Crippen molar-refractivity contribution in [3.63, 3.8) is 0 Å². The van der Waals surface area contributed by atoms with Crippen LogP contribution in [0.25, 0.3) is 11.3 Å². The molecule has 1 amide bonds. The third kappa shape index (κ3) is 3.30. The van der Waals surface area contributed by atoms with Gasteiger partial charge in [-0.3, -0.25) is 9.52 Å². The molecule has 0 unspecified atom stereocenters. The minimum absolute atomic E-state index is 0.0238. The van der Waals surface area contributed by atoms with E-state index in [0.717, 1.165) is 40.3 Å². The maximum absolute atomic E-state index is 13.0. The van der Waals surface area contributed by atoms with Crippen LogP contribution in [0.1, 0.15) is 19.4 Å². The van der Waals surface area contributed by atoms with E-state index in [0.29, 0.717) is 5.69 Å². The van der Waals surface area contributed by atoms with E-state index in [1.165, 1.54) is 12.1 Å². The number of sulfonamides is 1. The molecule has 0 radical (unpaired) electrons. The van der Waals surface area contributed by atoms with Crippen molar-refractivity contribution in [3.8, 4) is 11.3 Å². The number of carbonyl (C=O) groups excluding carboxylic acids is 1. The molecule has 150 valence electrons. The first kappa shape index (κ1) is 19.5. The molecule has 0 saturated heterocycles. The van der Waals surface area contributed by atoms with E-state index in [1.54, 1.807) is 17.3 Å². The van der Waals surface area contributed by atoms with Gasteiger partial charge in [-0.2, -0.15) is 0 Å². The van der Waals surface area contributed by atoms with E-state index in [2.05, 4.69) is 9.71 Å². The molecule has 0 fully saturated rings. The van der Waals surface area contributed by atoms with Crippen molar-refractivity contribution in [3.05, 3.63) is 59.2 Å². The van der Waals surface area contributed by atoms with E-state index in [1.807, 2.05) is 32.0 Å². The third-order valence-corrected chi connectivity index (χ3v) is 7.26. The van der Waals surface area contributed by atoms with Gasteiger partial charge in [0.05, 0.1) is 16.0 Å². The Kier molecular flexibility index (Phi) is 4.47. The number of amides is 1. The molecule has 3 aromatic rings. The van der Waals surface area contributed by atoms with Crippen LogP contribution in [-0.2, 0) is 20.2 Å². The van der Waals surface area contributed by atoms with E-state index < -0.39 is 21.3 Å². The van der Waals surface area contributed by atoms with Gasteiger partial charge in [-0.15, -0.1) is 11.3 Å². The lowest BCUT2D eigenvalue weighted by Crippen LogP contribution is -2.33. The highest BCUT2D eigenvalue weighted by molar-refractivity contribution is 7.93. The van der Waals surface area contributed by atoms with Crippen LogP contribution in [-0.4, -0.2) is 26.4 Å². The number of fused-ring (bicyclic) bond motifs is 1. The monoisotopic (exact) mass is 431 g/mol. The number of aromatic nitrogens is 1. The quantitative estimate of drug-likeness (QED) is 0.677. The number of nitrogens with one attached hydrogen (secondary N) is 1. The second kappa shape index (κ2) is 6.64. The molecule has 29 heavy (non-hydrogen) atoms. The lowest BCUT2D eigenvalue weighted by molar-refractivity contribution is -0.121. The van der Waals surface area contributed by atoms with Gasteiger partial charge >= 0.3 is 0 Å². The van der Waals surface area contributed by atoms with Crippen LogP contribution in [0, 0.1) is 5.82 Å². The zero-order valence-electron chi connectivity index (χ0n) is 15.9. The first-order valence-electron chi connectivity index (χ1n) is 8.76. The van der Waals surface area contributed by atoms with E-state index >= 15 is 0 Å². The van der Waals surface area contributed by atoms with Crippen LogP contribution in [0.5, 0.6) is 0 Å². The fraction of sp³-hybridized carbons (Fsp3) is 0.200. The Labute approximate surface area is 172 Å². The van der Waals surface area contributed by atoms with Gasteiger partial charge in [-0.1, -0.05) is 6.07 Å². The second-order valence-corrected chi connectivity index (χ2v) is 9.86. The molecule has 2 aromatic carbocycles. The average molecular weight is 432 g/mol. The van der Waals surface area contributed by atoms with Gasteiger partial charge in [0.25, 0.3) is 10.0 Å². The number of hydrogen-bond acceptors (Lipinski definition) is 5. The fourth-order valence-corrected chi connectivity index (χ4v) is 5.35. The molecule has 1 aliphatic rings. The lowest BCUT2D eigenvalue weighted by Gasteiger charge is -2.16. The minimum Gasteiger partial charge on any atom is -0.314 e. The Morgan fingerprint density at radius 3 is 2.52 bits per heavy atom. The Bertz CT molecular complexity index is 1220. The number of thiazole rings is 1. The summed E-state index contributed by atoms with van der Waals surface area (Å²) in [5, 5.41) is 1.95. The molecule has 1 aliphatic heterocycles. The number of nitrogens with zero attached hydrogens (tertiary/aromatic N) is 2. The number of carbonyl (C=O) groups is 1. The first-order chi connectivity index (χ1) is 13.6. The highest BCUT2D eigenvalue weighted by Gasteiger charge is 2.42. The van der Waals surface area contributed by atoms with Crippen LogP contribution in [0.15, 0.2) is 52.7 Å². The number of rotatable bonds is 4. The van der Waals surface area contributed by atoms with Crippen LogP contribution >= 0.6 is 11.3 Å². The molecule has 0 atom stereocenters. The third-order valence-electron chi connectivity index (χ3n) is 5.02. The average Bonchev–Trinajstić information content (AvgIpc) is 3.20. The summed E-state index contributed by atoms with van der Waals surface area (Å²) in [6, 6.07) is 10.2. The Morgan fingerprint density at radius 1 is 1.14 bits per heavy atom. The minimum atomic E-state index is -3.86. The Balaban J connectivity index is 1.63. The number of anilines is 2. The van der Waals surface area contributed by atoms with Gasteiger partial charge in [0.2, 0.25) is 5.91 Å². The van der Waals surface area contributed by atoms with E-state index in [-0.39, 0.29) is 15.9 Å². The SMILES string of the molecule is CN1C(=O)C(C)(C)c2cc(-c3csc(NS(=O)(=O)c4ccc(F)cc4)n3)ccc21. The van der Waals surface area contributed by atoms with Gasteiger partial charge in [-0.25, -0.2) is 17.8 Å². The Morgan fingerprint density at radius 2 is 1.83 bits per heavy atom. The summed E-state index contributed by atoms with van der Waals surface area (Å²) in [6.07, 6.45) is 0. The standard InChI is InChI=1S/C20H18FN3O3S2/c1-20(2)15-10-12(4-9-17(15)24(3)18(20)25)16-11-28-19(22-16)23-29(26,27)14-7-5-13(21)6-8-14/h4-11H,1-3H3,(H,22,23). The van der Waals surface area contributed by atoms with Crippen LogP contribution in [0.2, 0.25) is 0 Å². The van der Waals surface area contributed by atoms with Gasteiger partial charge in [0, 0.05) is 23.7 Å². The molecular formula is C20H18FN3O3S2. The van der Waals surface area contributed by atoms with Crippen molar-refractivity contribution in [2.45, 2.75) is 24.2 Å². The molecular weight excluding hydrogens is 413 g/mol. The van der Waals surface area contributed by atoms with Crippen molar-refractivity contribution in [2.75, 3.05) is 16.7 Å². The van der Waals surface area contributed by atoms with Crippen molar-refractivity contribution >= 4 is 38.1 Å². The largest absolute Gasteiger partial charge is 0.314 e. The normalized spacial score (nSPS) is 15.4. The maximum atomic E-state index is 13.0. The summed E-state index contributed by atoms with van der Waals surface area (Å²) in [7, 11) is -2.11. The molecule has 0 spiro atoms.